The van der Waals surface area contributed by atoms with Crippen molar-refractivity contribution < 1.29 is 23.0 Å². The number of nitrogens with one attached hydrogen (secondary N) is 1. The Labute approximate surface area is 159 Å². The molecule has 2 aromatic rings. The molecule has 0 fully saturated rings. The first-order valence-corrected chi connectivity index (χ1v) is 8.28. The monoisotopic (exact) mass is 404 g/mol. The van der Waals surface area contributed by atoms with E-state index in [2.05, 4.69) is 10.3 Å². The lowest BCUT2D eigenvalue weighted by Crippen LogP contribution is -2.09. The van der Waals surface area contributed by atoms with Gasteiger partial charge in [-0.15, -0.1) is 0 Å². The van der Waals surface area contributed by atoms with Crippen LogP contribution in [-0.2, 0) is 4.74 Å². The summed E-state index contributed by atoms with van der Waals surface area (Å²) in [5.74, 6) is -0.885. The maximum absolute atomic E-state index is 13.1. The highest BCUT2D eigenvalue weighted by Gasteiger charge is 2.23. The number of nitrogens with zero attached hydrogens (tertiary/aromatic N) is 1. The predicted octanol–water partition coefficient (Wildman–Crippen LogP) is 5.22. The Morgan fingerprint density at radius 1 is 1.27 bits per heavy atom. The molecular weight excluding hydrogens is 389 g/mol. The van der Waals surface area contributed by atoms with Crippen LogP contribution in [0, 0.1) is 0 Å². The van der Waals surface area contributed by atoms with Gasteiger partial charge in [-0.25, -0.2) is 18.6 Å². The molecule has 140 valence electrons. The smallest absolute Gasteiger partial charge is 0.358 e. The Morgan fingerprint density at radius 2 is 1.96 bits per heavy atom. The van der Waals surface area contributed by atoms with E-state index in [0.717, 1.165) is 0 Å². The highest BCUT2D eigenvalue weighted by Crippen LogP contribution is 2.42. The number of ether oxygens (including phenoxy) is 2. The zero-order valence-corrected chi connectivity index (χ0v) is 15.7. The molecule has 1 heterocycles. The second-order valence-electron chi connectivity index (χ2n) is 5.09. The van der Waals surface area contributed by atoms with E-state index in [1.165, 1.54) is 26.4 Å². The number of carbonyl (C=O) groups excluding carboxylic acids is 1. The fourth-order valence-electron chi connectivity index (χ4n) is 2.37. The molecule has 1 N–H and O–H groups in total. The molecule has 2 rings (SSSR count). The molecule has 0 aliphatic carbocycles. The van der Waals surface area contributed by atoms with E-state index < -0.39 is 12.4 Å². The summed E-state index contributed by atoms with van der Waals surface area (Å²) in [6.45, 7) is 2.38. The van der Waals surface area contributed by atoms with Gasteiger partial charge in [0.25, 0.3) is 6.43 Å². The number of anilines is 1. The standard InChI is InChI=1S/C17H16Cl2F2N2O3/c1-4-22-11-7-10(23-14(13(11)19)17(24)26-3)8-5-6-9(16(20)21)15(25-2)12(8)18/h5-7,16H,4H2,1-3H3,(H,22,23). The first-order valence-electron chi connectivity index (χ1n) is 7.53. The largest absolute Gasteiger partial charge is 0.495 e. The number of aromatic nitrogens is 1. The number of halogens is 4. The van der Waals surface area contributed by atoms with Crippen molar-refractivity contribution in [2.24, 2.45) is 0 Å². The molecule has 0 spiro atoms. The third-order valence-electron chi connectivity index (χ3n) is 3.55. The van der Waals surface area contributed by atoms with Crippen molar-refractivity contribution in [1.82, 2.24) is 4.98 Å². The lowest BCUT2D eigenvalue weighted by atomic mass is 10.1. The zero-order valence-electron chi connectivity index (χ0n) is 14.2. The van der Waals surface area contributed by atoms with Crippen LogP contribution in [0.5, 0.6) is 5.75 Å². The Balaban J connectivity index is 2.72. The molecule has 0 saturated carbocycles. The predicted molar refractivity (Wildman–Crippen MR) is 96.7 cm³/mol. The lowest BCUT2D eigenvalue weighted by molar-refractivity contribution is 0.0594. The van der Waals surface area contributed by atoms with E-state index in [0.29, 0.717) is 17.8 Å². The summed E-state index contributed by atoms with van der Waals surface area (Å²) in [6, 6.07) is 4.16. The van der Waals surface area contributed by atoms with Gasteiger partial charge in [0.1, 0.15) is 5.75 Å². The van der Waals surface area contributed by atoms with Crippen LogP contribution in [0.4, 0.5) is 14.5 Å². The SMILES string of the molecule is CCNc1cc(-c2ccc(C(F)F)c(OC)c2Cl)nc(C(=O)OC)c1Cl. The van der Waals surface area contributed by atoms with E-state index in [4.69, 9.17) is 32.7 Å². The van der Waals surface area contributed by atoms with Crippen molar-refractivity contribution in [2.45, 2.75) is 13.3 Å². The van der Waals surface area contributed by atoms with E-state index in [9.17, 15) is 13.6 Å². The molecule has 5 nitrogen and oxygen atoms in total. The first kappa shape index (κ1) is 20.2. The topological polar surface area (TPSA) is 60.5 Å². The number of carbonyl (C=O) groups is 1. The van der Waals surface area contributed by atoms with Gasteiger partial charge >= 0.3 is 5.97 Å². The van der Waals surface area contributed by atoms with Crippen LogP contribution in [-0.4, -0.2) is 31.7 Å². The van der Waals surface area contributed by atoms with Crippen molar-refractivity contribution >= 4 is 34.9 Å². The van der Waals surface area contributed by atoms with Gasteiger partial charge in [-0.3, -0.25) is 0 Å². The second-order valence-corrected chi connectivity index (χ2v) is 5.85. The van der Waals surface area contributed by atoms with E-state index in [1.807, 2.05) is 6.92 Å². The first-order chi connectivity index (χ1) is 12.3. The van der Waals surface area contributed by atoms with Crippen LogP contribution in [0.1, 0.15) is 29.4 Å². The van der Waals surface area contributed by atoms with E-state index in [1.54, 1.807) is 6.07 Å². The second kappa shape index (κ2) is 8.51. The Morgan fingerprint density at radius 3 is 2.50 bits per heavy atom. The Kier molecular flexibility index (Phi) is 6.61. The van der Waals surface area contributed by atoms with Crippen molar-refractivity contribution in [3.63, 3.8) is 0 Å². The van der Waals surface area contributed by atoms with Crippen LogP contribution in [0.2, 0.25) is 10.0 Å². The van der Waals surface area contributed by atoms with Crippen LogP contribution < -0.4 is 10.1 Å². The third kappa shape index (κ3) is 3.83. The number of hydrogen-bond donors (Lipinski definition) is 1. The fraction of sp³-hybridized carbons (Fsp3) is 0.294. The quantitative estimate of drug-likeness (QED) is 0.668. The number of alkyl halides is 2. The van der Waals surface area contributed by atoms with Crippen molar-refractivity contribution in [3.05, 3.63) is 39.5 Å². The van der Waals surface area contributed by atoms with Gasteiger partial charge < -0.3 is 14.8 Å². The van der Waals surface area contributed by atoms with Gasteiger partial charge in [-0.1, -0.05) is 29.3 Å². The normalized spacial score (nSPS) is 10.8. The highest BCUT2D eigenvalue weighted by molar-refractivity contribution is 6.36. The third-order valence-corrected chi connectivity index (χ3v) is 4.30. The Hall–Kier alpha value is -2.12. The average Bonchev–Trinajstić information content (AvgIpc) is 2.62. The molecule has 0 atom stereocenters. The molecule has 0 amide bonds. The van der Waals surface area contributed by atoms with E-state index in [-0.39, 0.29) is 32.7 Å². The molecule has 0 aliphatic rings. The minimum Gasteiger partial charge on any atom is -0.495 e. The molecule has 0 saturated heterocycles. The summed E-state index contributed by atoms with van der Waals surface area (Å²) in [5, 5.41) is 3.06. The van der Waals surface area contributed by atoms with Crippen LogP contribution in [0.25, 0.3) is 11.3 Å². The van der Waals surface area contributed by atoms with Crippen LogP contribution in [0.15, 0.2) is 18.2 Å². The van der Waals surface area contributed by atoms with Crippen molar-refractivity contribution in [3.8, 4) is 17.0 Å². The molecule has 1 aromatic heterocycles. The summed E-state index contributed by atoms with van der Waals surface area (Å²) < 4.78 is 36.0. The molecule has 0 radical (unpaired) electrons. The maximum Gasteiger partial charge on any atom is 0.358 e. The number of hydrogen-bond acceptors (Lipinski definition) is 5. The number of methoxy groups -OCH3 is 2. The minimum atomic E-state index is -2.75. The van der Waals surface area contributed by atoms with Gasteiger partial charge in [-0.2, -0.15) is 0 Å². The number of pyridine rings is 1. The van der Waals surface area contributed by atoms with Gasteiger partial charge in [0, 0.05) is 12.1 Å². The summed E-state index contributed by atoms with van der Waals surface area (Å²) in [7, 11) is 2.45. The number of rotatable bonds is 6. The van der Waals surface area contributed by atoms with E-state index >= 15 is 0 Å². The van der Waals surface area contributed by atoms with Crippen LogP contribution in [0.3, 0.4) is 0 Å². The van der Waals surface area contributed by atoms with Crippen molar-refractivity contribution in [2.75, 3.05) is 26.1 Å². The summed E-state index contributed by atoms with van der Waals surface area (Å²) in [4.78, 5) is 16.2. The summed E-state index contributed by atoms with van der Waals surface area (Å²) in [6.07, 6.45) is -2.75. The lowest BCUT2D eigenvalue weighted by Gasteiger charge is -2.15. The number of esters is 1. The maximum atomic E-state index is 13.1. The summed E-state index contributed by atoms with van der Waals surface area (Å²) in [5.41, 5.74) is 0.558. The fourth-order valence-corrected chi connectivity index (χ4v) is 2.95. The van der Waals surface area contributed by atoms with Gasteiger partial charge in [-0.05, 0) is 19.1 Å². The highest BCUT2D eigenvalue weighted by atomic mass is 35.5. The summed E-state index contributed by atoms with van der Waals surface area (Å²) >= 11 is 12.5. The molecule has 0 aliphatic heterocycles. The molecule has 1 aromatic carbocycles. The molecule has 26 heavy (non-hydrogen) atoms. The number of benzene rings is 1. The molecule has 9 heteroatoms. The van der Waals surface area contributed by atoms with Gasteiger partial charge in [0.2, 0.25) is 0 Å². The molecular formula is C17H16Cl2F2N2O3. The molecule has 0 unspecified atom stereocenters. The Bertz CT molecular complexity index is 832. The van der Waals surface area contributed by atoms with Gasteiger partial charge in [0.15, 0.2) is 5.69 Å². The zero-order chi connectivity index (χ0) is 19.4. The minimum absolute atomic E-state index is 0.0432. The van der Waals surface area contributed by atoms with Crippen LogP contribution >= 0.6 is 23.2 Å². The average molecular weight is 405 g/mol. The van der Waals surface area contributed by atoms with Crippen molar-refractivity contribution in [1.29, 1.82) is 0 Å². The molecule has 0 bridgehead atoms. The van der Waals surface area contributed by atoms with Gasteiger partial charge in [0.05, 0.1) is 41.2 Å².